The van der Waals surface area contributed by atoms with Gasteiger partial charge in [-0.05, 0) is 23.1 Å². The summed E-state index contributed by atoms with van der Waals surface area (Å²) in [4.78, 5) is 0. The Labute approximate surface area is 105 Å². The molecule has 0 fully saturated rings. The molecular weight excluding hydrogens is 210 g/mol. The summed E-state index contributed by atoms with van der Waals surface area (Å²) in [6, 6.07) is 8.31. The highest BCUT2D eigenvalue weighted by atomic mass is 16.5. The zero-order chi connectivity index (χ0) is 12.7. The molecule has 0 bridgehead atoms. The van der Waals surface area contributed by atoms with Crippen LogP contribution in [0.1, 0.15) is 26.3 Å². The average molecular weight is 233 g/mol. The first kappa shape index (κ1) is 13.8. The lowest BCUT2D eigenvalue weighted by atomic mass is 9.87. The lowest BCUT2D eigenvalue weighted by molar-refractivity contribution is 0.315. The van der Waals surface area contributed by atoms with Gasteiger partial charge in [0.25, 0.3) is 0 Å². The Hall–Kier alpha value is -1.28. The second kappa shape index (κ2) is 6.45. The van der Waals surface area contributed by atoms with Crippen LogP contribution in [0.4, 0.5) is 0 Å². The Morgan fingerprint density at radius 2 is 2.12 bits per heavy atom. The molecule has 0 radical (unpaired) electrons. The van der Waals surface area contributed by atoms with E-state index in [1.54, 1.807) is 0 Å². The first-order chi connectivity index (χ1) is 8.04. The number of nitrogens with one attached hydrogen (secondary N) is 1. The predicted molar refractivity (Wildman–Crippen MR) is 73.7 cm³/mol. The molecule has 0 aromatic heterocycles. The van der Waals surface area contributed by atoms with Gasteiger partial charge in [-0.3, -0.25) is 0 Å². The van der Waals surface area contributed by atoms with Crippen LogP contribution < -0.4 is 10.1 Å². The summed E-state index contributed by atoms with van der Waals surface area (Å²) in [5, 5.41) is 3.21. The third kappa shape index (κ3) is 5.05. The quantitative estimate of drug-likeness (QED) is 0.602. The molecule has 0 aliphatic carbocycles. The highest BCUT2D eigenvalue weighted by Crippen LogP contribution is 2.25. The van der Waals surface area contributed by atoms with Crippen LogP contribution in [-0.2, 0) is 5.41 Å². The molecule has 94 valence electrons. The van der Waals surface area contributed by atoms with E-state index in [1.165, 1.54) is 5.56 Å². The smallest absolute Gasteiger partial charge is 0.119 e. The van der Waals surface area contributed by atoms with E-state index in [1.807, 2.05) is 18.2 Å². The number of rotatable bonds is 6. The van der Waals surface area contributed by atoms with Gasteiger partial charge in [0.2, 0.25) is 0 Å². The van der Waals surface area contributed by atoms with Crippen molar-refractivity contribution in [3.63, 3.8) is 0 Å². The van der Waals surface area contributed by atoms with Crippen LogP contribution in [0.25, 0.3) is 0 Å². The standard InChI is InChI=1S/C15H23NO/c1-5-9-16-10-11-17-14-8-6-7-13(12-14)15(2,3)4/h5-8,12,16H,1,9-11H2,2-4H3. The van der Waals surface area contributed by atoms with Gasteiger partial charge in [-0.25, -0.2) is 0 Å². The van der Waals surface area contributed by atoms with Crippen molar-refractivity contribution in [2.24, 2.45) is 0 Å². The van der Waals surface area contributed by atoms with Gasteiger partial charge in [-0.15, -0.1) is 6.58 Å². The second-order valence-corrected chi connectivity index (χ2v) is 5.12. The summed E-state index contributed by atoms with van der Waals surface area (Å²) in [7, 11) is 0. The van der Waals surface area contributed by atoms with Crippen molar-refractivity contribution >= 4 is 0 Å². The molecule has 0 unspecified atom stereocenters. The highest BCUT2D eigenvalue weighted by Gasteiger charge is 2.13. The molecule has 0 atom stereocenters. The minimum absolute atomic E-state index is 0.167. The van der Waals surface area contributed by atoms with Crippen molar-refractivity contribution in [3.05, 3.63) is 42.5 Å². The highest BCUT2D eigenvalue weighted by molar-refractivity contribution is 5.32. The summed E-state index contributed by atoms with van der Waals surface area (Å²) < 4.78 is 5.69. The molecule has 1 rings (SSSR count). The van der Waals surface area contributed by atoms with Crippen LogP contribution in [0.3, 0.4) is 0 Å². The summed E-state index contributed by atoms with van der Waals surface area (Å²) in [5.74, 6) is 0.942. The minimum Gasteiger partial charge on any atom is -0.492 e. The molecule has 2 nitrogen and oxygen atoms in total. The van der Waals surface area contributed by atoms with Crippen LogP contribution in [-0.4, -0.2) is 19.7 Å². The minimum atomic E-state index is 0.167. The fraction of sp³-hybridized carbons (Fsp3) is 0.467. The maximum Gasteiger partial charge on any atom is 0.119 e. The molecule has 0 aliphatic rings. The third-order valence-corrected chi connectivity index (χ3v) is 2.54. The first-order valence-corrected chi connectivity index (χ1v) is 6.09. The van der Waals surface area contributed by atoms with E-state index in [-0.39, 0.29) is 5.41 Å². The lowest BCUT2D eigenvalue weighted by Gasteiger charge is -2.19. The fourth-order valence-corrected chi connectivity index (χ4v) is 1.50. The van der Waals surface area contributed by atoms with Crippen LogP contribution in [0.15, 0.2) is 36.9 Å². The zero-order valence-electron chi connectivity index (χ0n) is 11.1. The third-order valence-electron chi connectivity index (χ3n) is 2.54. The molecule has 0 heterocycles. The van der Waals surface area contributed by atoms with Crippen molar-refractivity contribution < 1.29 is 4.74 Å². The summed E-state index contributed by atoms with van der Waals surface area (Å²) >= 11 is 0. The van der Waals surface area contributed by atoms with E-state index >= 15 is 0 Å². The van der Waals surface area contributed by atoms with Gasteiger partial charge in [-0.1, -0.05) is 39.0 Å². The van der Waals surface area contributed by atoms with E-state index in [0.29, 0.717) is 6.61 Å². The molecule has 0 amide bonds. The predicted octanol–water partition coefficient (Wildman–Crippen LogP) is 3.14. The molecule has 2 heteroatoms. The summed E-state index contributed by atoms with van der Waals surface area (Å²) in [6.07, 6.45) is 1.85. The van der Waals surface area contributed by atoms with Crippen LogP contribution in [0, 0.1) is 0 Å². The van der Waals surface area contributed by atoms with Gasteiger partial charge >= 0.3 is 0 Å². The van der Waals surface area contributed by atoms with Gasteiger partial charge in [0, 0.05) is 13.1 Å². The normalized spacial score (nSPS) is 11.2. The summed E-state index contributed by atoms with van der Waals surface area (Å²) in [5.41, 5.74) is 1.47. The topological polar surface area (TPSA) is 21.3 Å². The lowest BCUT2D eigenvalue weighted by Crippen LogP contribution is -2.21. The van der Waals surface area contributed by atoms with E-state index in [2.05, 4.69) is 44.8 Å². The molecule has 0 saturated carbocycles. The van der Waals surface area contributed by atoms with Gasteiger partial charge in [-0.2, -0.15) is 0 Å². The van der Waals surface area contributed by atoms with E-state index in [4.69, 9.17) is 4.74 Å². The van der Waals surface area contributed by atoms with Crippen molar-refractivity contribution in [3.8, 4) is 5.75 Å². The molecule has 0 aliphatic heterocycles. The largest absolute Gasteiger partial charge is 0.492 e. The van der Waals surface area contributed by atoms with Gasteiger partial charge in [0.05, 0.1) is 0 Å². The van der Waals surface area contributed by atoms with Crippen molar-refractivity contribution in [1.29, 1.82) is 0 Å². The molecule has 0 saturated heterocycles. The Kier molecular flexibility index (Phi) is 5.23. The Morgan fingerprint density at radius 3 is 2.76 bits per heavy atom. The SMILES string of the molecule is C=CCNCCOc1cccc(C(C)(C)C)c1. The zero-order valence-corrected chi connectivity index (χ0v) is 11.1. The molecule has 1 N–H and O–H groups in total. The Balaban J connectivity index is 2.46. The fourth-order valence-electron chi connectivity index (χ4n) is 1.50. The number of benzene rings is 1. The molecule has 0 spiro atoms. The average Bonchev–Trinajstić information content (AvgIpc) is 2.28. The molecule has 1 aromatic carbocycles. The van der Waals surface area contributed by atoms with Crippen LogP contribution >= 0.6 is 0 Å². The van der Waals surface area contributed by atoms with E-state index in [9.17, 15) is 0 Å². The van der Waals surface area contributed by atoms with E-state index < -0.39 is 0 Å². The van der Waals surface area contributed by atoms with Crippen LogP contribution in [0.5, 0.6) is 5.75 Å². The van der Waals surface area contributed by atoms with Gasteiger partial charge in [0.15, 0.2) is 0 Å². The van der Waals surface area contributed by atoms with Gasteiger partial charge in [0.1, 0.15) is 12.4 Å². The van der Waals surface area contributed by atoms with Gasteiger partial charge < -0.3 is 10.1 Å². The Bertz CT molecular complexity index is 352. The Morgan fingerprint density at radius 1 is 1.35 bits per heavy atom. The number of hydrogen-bond donors (Lipinski definition) is 1. The number of hydrogen-bond acceptors (Lipinski definition) is 2. The maximum atomic E-state index is 5.69. The van der Waals surface area contributed by atoms with Crippen molar-refractivity contribution in [2.75, 3.05) is 19.7 Å². The first-order valence-electron chi connectivity index (χ1n) is 6.09. The van der Waals surface area contributed by atoms with E-state index in [0.717, 1.165) is 18.8 Å². The van der Waals surface area contributed by atoms with Crippen molar-refractivity contribution in [1.82, 2.24) is 5.32 Å². The molecule has 1 aromatic rings. The molecule has 17 heavy (non-hydrogen) atoms. The van der Waals surface area contributed by atoms with Crippen molar-refractivity contribution in [2.45, 2.75) is 26.2 Å². The molecular formula is C15H23NO. The maximum absolute atomic E-state index is 5.69. The van der Waals surface area contributed by atoms with Crippen LogP contribution in [0.2, 0.25) is 0 Å². The number of ether oxygens (including phenoxy) is 1. The summed E-state index contributed by atoms with van der Waals surface area (Å²) in [6.45, 7) is 12.6. The second-order valence-electron chi connectivity index (χ2n) is 5.12. The monoisotopic (exact) mass is 233 g/mol.